The minimum Gasteiger partial charge on any atom is -0.358 e. The summed E-state index contributed by atoms with van der Waals surface area (Å²) in [5.41, 5.74) is 2.14. The maximum Gasteiger partial charge on any atom is 0.195 e. The number of likely N-dealkylation sites (N-methyl/N-ethyl adjacent to an activating group) is 1. The number of anilines is 1. The number of alkyl halides is 1. The molecule has 0 unspecified atom stereocenters. The Morgan fingerprint density at radius 3 is 3.05 bits per heavy atom. The van der Waals surface area contributed by atoms with Gasteiger partial charge in [-0.05, 0) is 12.1 Å². The van der Waals surface area contributed by atoms with Gasteiger partial charge in [0.05, 0.1) is 11.6 Å². The van der Waals surface area contributed by atoms with Crippen molar-refractivity contribution in [1.29, 1.82) is 0 Å². The molecule has 0 fully saturated rings. The summed E-state index contributed by atoms with van der Waals surface area (Å²) in [6.07, 6.45) is 4.73. The monoisotopic (exact) mass is 306 g/mol. The largest absolute Gasteiger partial charge is 0.358 e. The summed E-state index contributed by atoms with van der Waals surface area (Å²) in [6, 6.07) is 5.99. The molecule has 104 valence electrons. The third kappa shape index (κ3) is 2.51. The highest BCUT2D eigenvalue weighted by Gasteiger charge is 2.15. The predicted octanol–water partition coefficient (Wildman–Crippen LogP) is 3.21. The Hall–Kier alpha value is -1.59. The number of aromatic nitrogens is 3. The second-order valence-corrected chi connectivity index (χ2v) is 5.70. The van der Waals surface area contributed by atoms with E-state index in [1.54, 1.807) is 11.3 Å². The van der Waals surface area contributed by atoms with Crippen LogP contribution in [0.1, 0.15) is 11.4 Å². The molecule has 0 aromatic carbocycles. The van der Waals surface area contributed by atoms with E-state index < -0.39 is 0 Å². The van der Waals surface area contributed by atoms with Crippen LogP contribution in [0.3, 0.4) is 0 Å². The van der Waals surface area contributed by atoms with Gasteiger partial charge in [-0.15, -0.1) is 22.9 Å². The van der Waals surface area contributed by atoms with E-state index in [-0.39, 0.29) is 0 Å². The van der Waals surface area contributed by atoms with E-state index in [9.17, 15) is 0 Å². The van der Waals surface area contributed by atoms with Gasteiger partial charge >= 0.3 is 0 Å². The highest BCUT2D eigenvalue weighted by molar-refractivity contribution is 7.15. The van der Waals surface area contributed by atoms with Gasteiger partial charge in [-0.1, -0.05) is 6.07 Å². The SMILES string of the molecule is CN(CCc1ccccn1)c1nc2sccn2c1CCl. The molecule has 3 rings (SSSR count). The average Bonchev–Trinajstić information content (AvgIpc) is 3.06. The number of hydrogen-bond acceptors (Lipinski definition) is 4. The fraction of sp³-hybridized carbons (Fsp3) is 0.286. The smallest absolute Gasteiger partial charge is 0.195 e. The van der Waals surface area contributed by atoms with Crippen molar-refractivity contribution in [2.45, 2.75) is 12.3 Å². The zero-order chi connectivity index (χ0) is 13.9. The molecular weight excluding hydrogens is 292 g/mol. The first-order valence-corrected chi connectivity index (χ1v) is 7.82. The number of fused-ring (bicyclic) bond motifs is 1. The van der Waals surface area contributed by atoms with Crippen molar-refractivity contribution >= 4 is 33.7 Å². The van der Waals surface area contributed by atoms with Crippen LogP contribution < -0.4 is 4.90 Å². The van der Waals surface area contributed by atoms with Gasteiger partial charge in [0, 0.05) is 43.5 Å². The fourth-order valence-electron chi connectivity index (χ4n) is 2.19. The van der Waals surface area contributed by atoms with Crippen LogP contribution in [0.5, 0.6) is 0 Å². The van der Waals surface area contributed by atoms with Gasteiger partial charge in [-0.25, -0.2) is 4.98 Å². The molecule has 0 radical (unpaired) electrons. The van der Waals surface area contributed by atoms with Crippen molar-refractivity contribution in [3.05, 3.63) is 47.4 Å². The van der Waals surface area contributed by atoms with Gasteiger partial charge in [0.2, 0.25) is 0 Å². The number of rotatable bonds is 5. The molecule has 0 spiro atoms. The molecule has 0 bridgehead atoms. The summed E-state index contributed by atoms with van der Waals surface area (Å²) in [4.78, 5) is 12.1. The normalized spacial score (nSPS) is 11.1. The number of hydrogen-bond donors (Lipinski definition) is 0. The lowest BCUT2D eigenvalue weighted by atomic mass is 10.2. The third-order valence-electron chi connectivity index (χ3n) is 3.26. The standard InChI is InChI=1S/C14H15ClN4S/c1-18(7-5-11-4-2-3-6-16-11)13-12(10-15)19-8-9-20-14(19)17-13/h2-4,6,8-9H,5,7,10H2,1H3. The summed E-state index contributed by atoms with van der Waals surface area (Å²) in [5, 5.41) is 2.02. The molecule has 0 saturated carbocycles. The molecule has 20 heavy (non-hydrogen) atoms. The summed E-state index contributed by atoms with van der Waals surface area (Å²) < 4.78 is 2.06. The first kappa shape index (κ1) is 13.4. The maximum atomic E-state index is 6.08. The van der Waals surface area contributed by atoms with Crippen molar-refractivity contribution in [3.63, 3.8) is 0 Å². The van der Waals surface area contributed by atoms with Crippen LogP contribution in [-0.4, -0.2) is 28.0 Å². The molecule has 4 nitrogen and oxygen atoms in total. The van der Waals surface area contributed by atoms with Crippen LogP contribution in [0.25, 0.3) is 4.96 Å². The second-order valence-electron chi connectivity index (χ2n) is 4.56. The molecule has 0 aliphatic rings. The highest BCUT2D eigenvalue weighted by Crippen LogP contribution is 2.25. The lowest BCUT2D eigenvalue weighted by Gasteiger charge is -2.17. The molecule has 0 saturated heterocycles. The van der Waals surface area contributed by atoms with Crippen LogP contribution in [0.4, 0.5) is 5.82 Å². The van der Waals surface area contributed by atoms with Crippen LogP contribution >= 0.6 is 22.9 Å². The Balaban J connectivity index is 1.78. The van der Waals surface area contributed by atoms with E-state index in [1.165, 1.54) is 0 Å². The zero-order valence-electron chi connectivity index (χ0n) is 11.2. The van der Waals surface area contributed by atoms with Gasteiger partial charge in [-0.3, -0.25) is 9.38 Å². The molecule has 3 aromatic rings. The Kier molecular flexibility index (Phi) is 3.89. The Labute approximate surface area is 126 Å². The molecule has 0 atom stereocenters. The van der Waals surface area contributed by atoms with Gasteiger partial charge in [0.25, 0.3) is 0 Å². The Bertz CT molecular complexity index is 692. The molecule has 0 aliphatic heterocycles. The lowest BCUT2D eigenvalue weighted by Crippen LogP contribution is -2.22. The number of halogens is 1. The van der Waals surface area contributed by atoms with E-state index in [4.69, 9.17) is 11.6 Å². The topological polar surface area (TPSA) is 33.4 Å². The van der Waals surface area contributed by atoms with Crippen LogP contribution in [-0.2, 0) is 12.3 Å². The average molecular weight is 307 g/mol. The van der Waals surface area contributed by atoms with Crippen molar-refractivity contribution < 1.29 is 0 Å². The van der Waals surface area contributed by atoms with Gasteiger partial charge in [-0.2, -0.15) is 0 Å². The van der Waals surface area contributed by atoms with Crippen molar-refractivity contribution in [2.24, 2.45) is 0 Å². The van der Waals surface area contributed by atoms with Crippen molar-refractivity contribution in [2.75, 3.05) is 18.5 Å². The van der Waals surface area contributed by atoms with Gasteiger partial charge in [0.1, 0.15) is 0 Å². The van der Waals surface area contributed by atoms with Gasteiger partial charge in [0.15, 0.2) is 10.8 Å². The number of imidazole rings is 1. The highest BCUT2D eigenvalue weighted by atomic mass is 35.5. The minimum atomic E-state index is 0.459. The predicted molar refractivity (Wildman–Crippen MR) is 83.8 cm³/mol. The molecule has 0 N–H and O–H groups in total. The summed E-state index contributed by atoms with van der Waals surface area (Å²) in [5.74, 6) is 1.42. The van der Waals surface area contributed by atoms with E-state index in [1.807, 2.05) is 43.0 Å². The summed E-state index contributed by atoms with van der Waals surface area (Å²) in [7, 11) is 2.05. The van der Waals surface area contributed by atoms with E-state index in [0.717, 1.165) is 35.1 Å². The summed E-state index contributed by atoms with van der Waals surface area (Å²) >= 11 is 7.70. The maximum absolute atomic E-state index is 6.08. The number of nitrogens with zero attached hydrogens (tertiary/aromatic N) is 4. The fourth-order valence-corrected chi connectivity index (χ4v) is 3.16. The summed E-state index contributed by atoms with van der Waals surface area (Å²) in [6.45, 7) is 0.867. The molecule has 0 amide bonds. The molecule has 3 heterocycles. The van der Waals surface area contributed by atoms with Crippen LogP contribution in [0.15, 0.2) is 36.0 Å². The molecule has 3 aromatic heterocycles. The van der Waals surface area contributed by atoms with E-state index >= 15 is 0 Å². The van der Waals surface area contributed by atoms with Crippen LogP contribution in [0, 0.1) is 0 Å². The van der Waals surface area contributed by atoms with Crippen molar-refractivity contribution in [3.8, 4) is 0 Å². The van der Waals surface area contributed by atoms with Gasteiger partial charge < -0.3 is 4.90 Å². The third-order valence-corrected chi connectivity index (χ3v) is 4.27. The minimum absolute atomic E-state index is 0.459. The first-order valence-electron chi connectivity index (χ1n) is 6.41. The molecule has 6 heteroatoms. The Morgan fingerprint density at radius 2 is 2.30 bits per heavy atom. The number of pyridine rings is 1. The van der Waals surface area contributed by atoms with E-state index in [2.05, 4.69) is 19.3 Å². The van der Waals surface area contributed by atoms with Crippen molar-refractivity contribution in [1.82, 2.24) is 14.4 Å². The lowest BCUT2D eigenvalue weighted by molar-refractivity contribution is 0.837. The van der Waals surface area contributed by atoms with E-state index in [0.29, 0.717) is 5.88 Å². The Morgan fingerprint density at radius 1 is 1.40 bits per heavy atom. The first-order chi connectivity index (χ1) is 9.79. The zero-order valence-corrected chi connectivity index (χ0v) is 12.7. The quantitative estimate of drug-likeness (QED) is 0.679. The second kappa shape index (κ2) is 5.81. The molecular formula is C14H15ClN4S. The van der Waals surface area contributed by atoms with Crippen LogP contribution in [0.2, 0.25) is 0 Å². The number of thiazole rings is 1. The molecule has 0 aliphatic carbocycles.